The van der Waals surface area contributed by atoms with E-state index in [0.717, 1.165) is 0 Å². The van der Waals surface area contributed by atoms with Gasteiger partial charge >= 0.3 is 5.97 Å². The van der Waals surface area contributed by atoms with Crippen LogP contribution in [0.5, 0.6) is 0 Å². The highest BCUT2D eigenvalue weighted by molar-refractivity contribution is 6.00. The average Bonchev–Trinajstić information content (AvgIpc) is 2.41. The van der Waals surface area contributed by atoms with Crippen molar-refractivity contribution in [3.63, 3.8) is 0 Å². The zero-order chi connectivity index (χ0) is 14.0. The first-order chi connectivity index (χ1) is 9.00. The summed E-state index contributed by atoms with van der Waals surface area (Å²) in [6, 6.07) is 5.27. The van der Waals surface area contributed by atoms with Crippen LogP contribution in [-0.2, 0) is 4.79 Å². The smallest absolute Gasteiger partial charge is 0.335 e. The Morgan fingerprint density at radius 1 is 1.37 bits per heavy atom. The van der Waals surface area contributed by atoms with Crippen molar-refractivity contribution in [1.29, 1.82) is 0 Å². The Hall–Kier alpha value is -2.37. The number of carboxylic acids is 1. The zero-order valence-electron chi connectivity index (χ0n) is 10.4. The first kappa shape index (κ1) is 13.1. The molecule has 0 bridgehead atoms. The summed E-state index contributed by atoms with van der Waals surface area (Å²) in [6.07, 6.45) is 0. The van der Waals surface area contributed by atoms with Gasteiger partial charge in [-0.25, -0.2) is 4.79 Å². The van der Waals surface area contributed by atoms with Gasteiger partial charge in [-0.05, 0) is 25.1 Å². The van der Waals surface area contributed by atoms with E-state index in [1.807, 2.05) is 0 Å². The van der Waals surface area contributed by atoms with Crippen molar-refractivity contribution in [2.75, 3.05) is 13.1 Å². The Labute approximate surface area is 110 Å². The van der Waals surface area contributed by atoms with E-state index >= 15 is 0 Å². The maximum atomic E-state index is 12.3. The topological polar surface area (TPSA) is 86.7 Å². The number of carboxylic acid groups (broad SMARTS) is 1. The molecule has 6 heteroatoms. The minimum atomic E-state index is -1.08. The van der Waals surface area contributed by atoms with Crippen LogP contribution in [-0.4, -0.2) is 46.9 Å². The number of carbonyl (C=O) groups excluding carboxylic acids is 2. The van der Waals surface area contributed by atoms with Crippen molar-refractivity contribution in [2.24, 2.45) is 0 Å². The second-order valence-corrected chi connectivity index (χ2v) is 4.35. The summed E-state index contributed by atoms with van der Waals surface area (Å²) in [5.74, 6) is -1.61. The van der Waals surface area contributed by atoms with Crippen LogP contribution in [0.3, 0.4) is 0 Å². The summed E-state index contributed by atoms with van der Waals surface area (Å²) in [6.45, 7) is 2.48. The van der Waals surface area contributed by atoms with Crippen LogP contribution in [0.15, 0.2) is 24.3 Å². The van der Waals surface area contributed by atoms with E-state index in [2.05, 4.69) is 5.32 Å². The standard InChI is InChI=1S/C13H14N2O4/c1-8-11(16)14-5-6-15(8)12(17)9-3-2-4-10(7-9)13(18)19/h2-4,7-8H,5-6H2,1H3,(H,14,16)(H,18,19)/t8-/m0/s1. The molecule has 0 aromatic heterocycles. The zero-order valence-corrected chi connectivity index (χ0v) is 10.4. The van der Waals surface area contributed by atoms with Crippen molar-refractivity contribution >= 4 is 17.8 Å². The van der Waals surface area contributed by atoms with Gasteiger partial charge in [0.25, 0.3) is 5.91 Å². The van der Waals surface area contributed by atoms with E-state index in [9.17, 15) is 14.4 Å². The van der Waals surface area contributed by atoms with Crippen LogP contribution in [0.25, 0.3) is 0 Å². The summed E-state index contributed by atoms with van der Waals surface area (Å²) in [5, 5.41) is 11.6. The summed E-state index contributed by atoms with van der Waals surface area (Å²) in [4.78, 5) is 36.1. The quantitative estimate of drug-likeness (QED) is 0.805. The molecule has 2 amide bonds. The van der Waals surface area contributed by atoms with Gasteiger partial charge in [-0.15, -0.1) is 0 Å². The van der Waals surface area contributed by atoms with Gasteiger partial charge in [0.2, 0.25) is 5.91 Å². The number of aromatic carboxylic acids is 1. The third-order valence-electron chi connectivity index (χ3n) is 3.12. The van der Waals surface area contributed by atoms with E-state index in [-0.39, 0.29) is 22.9 Å². The Morgan fingerprint density at radius 3 is 2.74 bits per heavy atom. The molecule has 2 N–H and O–H groups in total. The molecule has 2 rings (SSSR count). The Balaban J connectivity index is 2.26. The van der Waals surface area contributed by atoms with Crippen molar-refractivity contribution in [2.45, 2.75) is 13.0 Å². The molecule has 1 saturated heterocycles. The molecule has 100 valence electrons. The van der Waals surface area contributed by atoms with Gasteiger partial charge in [-0.3, -0.25) is 9.59 Å². The fraction of sp³-hybridized carbons (Fsp3) is 0.308. The lowest BCUT2D eigenvalue weighted by molar-refractivity contribution is -0.127. The van der Waals surface area contributed by atoms with Crippen molar-refractivity contribution in [1.82, 2.24) is 10.2 Å². The summed E-state index contributed by atoms with van der Waals surface area (Å²) >= 11 is 0. The highest BCUT2D eigenvalue weighted by Crippen LogP contribution is 2.13. The molecule has 1 aliphatic heterocycles. The summed E-state index contributed by atoms with van der Waals surface area (Å²) < 4.78 is 0. The number of amides is 2. The number of carbonyl (C=O) groups is 3. The number of benzene rings is 1. The largest absolute Gasteiger partial charge is 0.478 e. The van der Waals surface area contributed by atoms with Crippen LogP contribution in [0.2, 0.25) is 0 Å². The number of nitrogens with zero attached hydrogens (tertiary/aromatic N) is 1. The molecule has 19 heavy (non-hydrogen) atoms. The maximum Gasteiger partial charge on any atom is 0.335 e. The molecule has 0 spiro atoms. The predicted octanol–water partition coefficient (Wildman–Crippen LogP) is 0.345. The number of hydrogen-bond acceptors (Lipinski definition) is 3. The molecule has 1 heterocycles. The monoisotopic (exact) mass is 262 g/mol. The molecular weight excluding hydrogens is 248 g/mol. The summed E-state index contributed by atoms with van der Waals surface area (Å²) in [5.41, 5.74) is 0.335. The highest BCUT2D eigenvalue weighted by Gasteiger charge is 2.29. The van der Waals surface area contributed by atoms with Crippen LogP contribution in [0.1, 0.15) is 27.6 Å². The number of rotatable bonds is 2. The van der Waals surface area contributed by atoms with Crippen LogP contribution in [0.4, 0.5) is 0 Å². The molecule has 1 aromatic carbocycles. The van der Waals surface area contributed by atoms with Gasteiger partial charge in [0.05, 0.1) is 5.56 Å². The average molecular weight is 262 g/mol. The van der Waals surface area contributed by atoms with Gasteiger partial charge in [-0.1, -0.05) is 6.07 Å². The molecule has 0 radical (unpaired) electrons. The first-order valence-corrected chi connectivity index (χ1v) is 5.92. The molecule has 1 atom stereocenters. The molecule has 1 aromatic rings. The van der Waals surface area contributed by atoms with E-state index in [0.29, 0.717) is 13.1 Å². The minimum absolute atomic E-state index is 0.0555. The fourth-order valence-corrected chi connectivity index (χ4v) is 2.01. The molecule has 1 fully saturated rings. The lowest BCUT2D eigenvalue weighted by Crippen LogP contribution is -2.55. The molecular formula is C13H14N2O4. The highest BCUT2D eigenvalue weighted by atomic mass is 16.4. The van der Waals surface area contributed by atoms with Gasteiger partial charge in [0.1, 0.15) is 6.04 Å². The van der Waals surface area contributed by atoms with Gasteiger partial charge in [-0.2, -0.15) is 0 Å². The van der Waals surface area contributed by atoms with E-state index in [1.54, 1.807) is 13.0 Å². The summed E-state index contributed by atoms with van der Waals surface area (Å²) in [7, 11) is 0. The third-order valence-corrected chi connectivity index (χ3v) is 3.12. The molecule has 0 saturated carbocycles. The van der Waals surface area contributed by atoms with Crippen molar-refractivity contribution < 1.29 is 19.5 Å². The fourth-order valence-electron chi connectivity index (χ4n) is 2.01. The van der Waals surface area contributed by atoms with Gasteiger partial charge in [0.15, 0.2) is 0 Å². The van der Waals surface area contributed by atoms with E-state index in [4.69, 9.17) is 5.11 Å². The second kappa shape index (κ2) is 5.09. The van der Waals surface area contributed by atoms with Crippen molar-refractivity contribution in [3.8, 4) is 0 Å². The molecule has 1 aliphatic rings. The lowest BCUT2D eigenvalue weighted by atomic mass is 10.1. The molecule has 0 unspecified atom stereocenters. The first-order valence-electron chi connectivity index (χ1n) is 5.92. The normalized spacial score (nSPS) is 18.9. The predicted molar refractivity (Wildman–Crippen MR) is 66.9 cm³/mol. The Morgan fingerprint density at radius 2 is 2.05 bits per heavy atom. The minimum Gasteiger partial charge on any atom is -0.478 e. The number of hydrogen-bond donors (Lipinski definition) is 2. The molecule has 6 nitrogen and oxygen atoms in total. The van der Waals surface area contributed by atoms with E-state index < -0.39 is 12.0 Å². The van der Waals surface area contributed by atoms with Crippen LogP contribution in [0, 0.1) is 0 Å². The van der Waals surface area contributed by atoms with Crippen LogP contribution < -0.4 is 5.32 Å². The van der Waals surface area contributed by atoms with Crippen LogP contribution >= 0.6 is 0 Å². The maximum absolute atomic E-state index is 12.3. The van der Waals surface area contributed by atoms with E-state index in [1.165, 1.54) is 23.1 Å². The van der Waals surface area contributed by atoms with Gasteiger partial charge in [0, 0.05) is 18.7 Å². The number of piperazine rings is 1. The SMILES string of the molecule is C[C@H]1C(=O)NCCN1C(=O)c1cccc(C(=O)O)c1. The third kappa shape index (κ3) is 2.57. The Bertz CT molecular complexity index is 541. The number of nitrogens with one attached hydrogen (secondary N) is 1. The van der Waals surface area contributed by atoms with Crippen molar-refractivity contribution in [3.05, 3.63) is 35.4 Å². The second-order valence-electron chi connectivity index (χ2n) is 4.35. The lowest BCUT2D eigenvalue weighted by Gasteiger charge is -2.32. The molecule has 0 aliphatic carbocycles. The van der Waals surface area contributed by atoms with Gasteiger partial charge < -0.3 is 15.3 Å². The Kier molecular flexibility index (Phi) is 3.50.